The summed E-state index contributed by atoms with van der Waals surface area (Å²) in [7, 11) is -1.43. The van der Waals surface area contributed by atoms with E-state index in [0.29, 0.717) is 18.3 Å². The predicted molar refractivity (Wildman–Crippen MR) is 78.2 cm³/mol. The Morgan fingerprint density at radius 2 is 1.95 bits per heavy atom. The standard InChI is InChI=1S/C13H19ClNO3P/c1-10(2)9-17-13(16)11(3)15-19(14)18-12-7-5-4-6-8-12/h4-8,10-11,15H,9H2,1-3H3. The van der Waals surface area contributed by atoms with Gasteiger partial charge in [-0.2, -0.15) is 0 Å². The van der Waals surface area contributed by atoms with Gasteiger partial charge in [-0.05, 0) is 36.2 Å². The molecule has 0 saturated carbocycles. The van der Waals surface area contributed by atoms with Gasteiger partial charge in [0.2, 0.25) is 0 Å². The van der Waals surface area contributed by atoms with Gasteiger partial charge in [-0.1, -0.05) is 32.0 Å². The Bertz CT molecular complexity index is 389. The van der Waals surface area contributed by atoms with Crippen molar-refractivity contribution in [1.82, 2.24) is 5.09 Å². The lowest BCUT2D eigenvalue weighted by molar-refractivity contribution is -0.146. The molecule has 4 nitrogen and oxygen atoms in total. The molecule has 1 aromatic rings. The summed E-state index contributed by atoms with van der Waals surface area (Å²) < 4.78 is 10.6. The zero-order valence-corrected chi connectivity index (χ0v) is 12.9. The highest BCUT2D eigenvalue weighted by Gasteiger charge is 2.19. The number of carbonyl (C=O) groups excluding carboxylic acids is 1. The molecule has 0 saturated heterocycles. The van der Waals surface area contributed by atoms with E-state index >= 15 is 0 Å². The zero-order chi connectivity index (χ0) is 14.3. The van der Waals surface area contributed by atoms with Crippen LogP contribution >= 0.6 is 18.9 Å². The maximum absolute atomic E-state index is 11.6. The molecule has 0 spiro atoms. The minimum atomic E-state index is -1.43. The fourth-order valence-electron chi connectivity index (χ4n) is 1.18. The van der Waals surface area contributed by atoms with Crippen LogP contribution in [0.5, 0.6) is 5.75 Å². The van der Waals surface area contributed by atoms with Crippen LogP contribution in [-0.4, -0.2) is 18.6 Å². The van der Waals surface area contributed by atoms with Crippen LogP contribution in [0, 0.1) is 5.92 Å². The van der Waals surface area contributed by atoms with Crippen LogP contribution in [0.3, 0.4) is 0 Å². The molecule has 0 heterocycles. The van der Waals surface area contributed by atoms with Crippen molar-refractivity contribution in [3.8, 4) is 5.75 Å². The summed E-state index contributed by atoms with van der Waals surface area (Å²) in [6.07, 6.45) is 0. The van der Waals surface area contributed by atoms with Crippen LogP contribution in [0.2, 0.25) is 0 Å². The number of nitrogens with one attached hydrogen (secondary N) is 1. The number of halogens is 1. The topological polar surface area (TPSA) is 47.6 Å². The molecule has 2 atom stereocenters. The first-order valence-electron chi connectivity index (χ1n) is 6.10. The Labute approximate surface area is 120 Å². The van der Waals surface area contributed by atoms with E-state index in [0.717, 1.165) is 0 Å². The van der Waals surface area contributed by atoms with Crippen LogP contribution in [-0.2, 0) is 9.53 Å². The third-order valence-corrected chi connectivity index (χ3v) is 3.60. The minimum Gasteiger partial charge on any atom is -0.464 e. The van der Waals surface area contributed by atoms with E-state index in [1.165, 1.54) is 0 Å². The van der Waals surface area contributed by atoms with Gasteiger partial charge in [0.15, 0.2) is 0 Å². The molecule has 0 amide bonds. The highest BCUT2D eigenvalue weighted by atomic mass is 35.7. The number of esters is 1. The number of hydrogen-bond donors (Lipinski definition) is 1. The van der Waals surface area contributed by atoms with Crippen molar-refractivity contribution in [2.75, 3.05) is 6.61 Å². The Morgan fingerprint density at radius 3 is 2.53 bits per heavy atom. The minimum absolute atomic E-state index is 0.314. The molecule has 1 N–H and O–H groups in total. The molecule has 106 valence electrons. The van der Waals surface area contributed by atoms with E-state index in [2.05, 4.69) is 5.09 Å². The lowest BCUT2D eigenvalue weighted by atomic mass is 10.2. The maximum Gasteiger partial charge on any atom is 0.323 e. The van der Waals surface area contributed by atoms with Crippen molar-refractivity contribution < 1.29 is 14.1 Å². The molecule has 0 aromatic heterocycles. The van der Waals surface area contributed by atoms with E-state index in [1.807, 2.05) is 32.0 Å². The molecule has 1 aromatic carbocycles. The highest BCUT2D eigenvalue weighted by molar-refractivity contribution is 7.78. The quantitative estimate of drug-likeness (QED) is 0.616. The smallest absolute Gasteiger partial charge is 0.323 e. The molecule has 2 unspecified atom stereocenters. The van der Waals surface area contributed by atoms with Crippen molar-refractivity contribution in [1.29, 1.82) is 0 Å². The molecule has 0 bridgehead atoms. The van der Waals surface area contributed by atoms with E-state index in [9.17, 15) is 4.79 Å². The normalized spacial score (nSPS) is 13.9. The van der Waals surface area contributed by atoms with E-state index in [-0.39, 0.29) is 5.97 Å². The second-order valence-corrected chi connectivity index (χ2v) is 6.38. The highest BCUT2D eigenvalue weighted by Crippen LogP contribution is 2.39. The fourth-order valence-corrected chi connectivity index (χ4v) is 2.63. The van der Waals surface area contributed by atoms with Gasteiger partial charge in [0.05, 0.1) is 6.61 Å². The number of carbonyl (C=O) groups is 1. The van der Waals surface area contributed by atoms with Gasteiger partial charge >= 0.3 is 5.97 Å². The molecule has 0 aliphatic heterocycles. The van der Waals surface area contributed by atoms with Crippen LogP contribution < -0.4 is 9.61 Å². The van der Waals surface area contributed by atoms with Crippen molar-refractivity contribution in [2.24, 2.45) is 5.92 Å². The van der Waals surface area contributed by atoms with Crippen molar-refractivity contribution in [2.45, 2.75) is 26.8 Å². The summed E-state index contributed by atoms with van der Waals surface area (Å²) in [5.74, 6) is 0.659. The van der Waals surface area contributed by atoms with E-state index in [4.69, 9.17) is 20.5 Å². The molecule has 0 fully saturated rings. The molecular weight excluding hydrogens is 285 g/mol. The summed E-state index contributed by atoms with van der Waals surface area (Å²) in [4.78, 5) is 11.6. The van der Waals surface area contributed by atoms with Gasteiger partial charge in [-0.3, -0.25) is 4.79 Å². The molecule has 0 radical (unpaired) electrons. The first-order chi connectivity index (χ1) is 8.99. The molecule has 0 aliphatic rings. The molecule has 19 heavy (non-hydrogen) atoms. The van der Waals surface area contributed by atoms with Crippen molar-refractivity contribution in [3.05, 3.63) is 30.3 Å². The number of benzene rings is 1. The van der Waals surface area contributed by atoms with Crippen molar-refractivity contribution >= 4 is 24.9 Å². The van der Waals surface area contributed by atoms with Gasteiger partial charge in [0.25, 0.3) is 7.65 Å². The lowest BCUT2D eigenvalue weighted by Gasteiger charge is -2.17. The Kier molecular flexibility index (Phi) is 7.14. The summed E-state index contributed by atoms with van der Waals surface area (Å²) >= 11 is 6.04. The predicted octanol–water partition coefficient (Wildman–Crippen LogP) is 3.71. The second kappa shape index (κ2) is 8.36. The summed E-state index contributed by atoms with van der Waals surface area (Å²) in [5.41, 5.74) is 0. The number of hydrogen-bond acceptors (Lipinski definition) is 4. The van der Waals surface area contributed by atoms with Gasteiger partial charge in [0, 0.05) is 0 Å². The van der Waals surface area contributed by atoms with E-state index in [1.54, 1.807) is 19.1 Å². The Hall–Kier alpha value is -0.830. The largest absolute Gasteiger partial charge is 0.464 e. The van der Waals surface area contributed by atoms with E-state index < -0.39 is 13.7 Å². The summed E-state index contributed by atoms with van der Waals surface area (Å²) in [6, 6.07) is 8.72. The first-order valence-corrected chi connectivity index (χ1v) is 8.27. The Morgan fingerprint density at radius 1 is 1.32 bits per heavy atom. The van der Waals surface area contributed by atoms with Crippen LogP contribution in [0.15, 0.2) is 30.3 Å². The fraction of sp³-hybridized carbons (Fsp3) is 0.462. The molecule has 1 rings (SSSR count). The third-order valence-electron chi connectivity index (χ3n) is 2.14. The summed E-state index contributed by atoms with van der Waals surface area (Å²) in [5, 5.41) is 2.89. The zero-order valence-electron chi connectivity index (χ0n) is 11.3. The average Bonchev–Trinajstić information content (AvgIpc) is 2.36. The summed E-state index contributed by atoms with van der Waals surface area (Å²) in [6.45, 7) is 6.08. The molecular formula is C13H19ClNO3P. The number of rotatable bonds is 7. The number of ether oxygens (including phenoxy) is 1. The van der Waals surface area contributed by atoms with Crippen molar-refractivity contribution in [3.63, 3.8) is 0 Å². The lowest BCUT2D eigenvalue weighted by Crippen LogP contribution is -2.32. The SMILES string of the molecule is CC(C)COC(=O)C(C)NP(Cl)Oc1ccccc1. The second-order valence-electron chi connectivity index (χ2n) is 4.52. The van der Waals surface area contributed by atoms with Crippen LogP contribution in [0.1, 0.15) is 20.8 Å². The van der Waals surface area contributed by atoms with Gasteiger partial charge in [0.1, 0.15) is 11.8 Å². The van der Waals surface area contributed by atoms with Gasteiger partial charge < -0.3 is 9.26 Å². The van der Waals surface area contributed by atoms with Crippen LogP contribution in [0.25, 0.3) is 0 Å². The Balaban J connectivity index is 2.35. The van der Waals surface area contributed by atoms with Gasteiger partial charge in [-0.15, -0.1) is 0 Å². The average molecular weight is 304 g/mol. The first kappa shape index (κ1) is 16.2. The molecule has 0 aliphatic carbocycles. The van der Waals surface area contributed by atoms with Crippen LogP contribution in [0.4, 0.5) is 0 Å². The van der Waals surface area contributed by atoms with Gasteiger partial charge in [-0.25, -0.2) is 5.09 Å². The molecule has 6 heteroatoms. The monoisotopic (exact) mass is 303 g/mol. The number of para-hydroxylation sites is 1. The third kappa shape index (κ3) is 6.76. The maximum atomic E-state index is 11.6.